The molecule has 0 spiro atoms. The van der Waals surface area contributed by atoms with Crippen LogP contribution in [0.15, 0.2) is 0 Å². The average Bonchev–Trinajstić information content (AvgIpc) is 2.41. The molecule has 4 atom stereocenters. The number of carbonyl (C=O) groups is 1. The fourth-order valence-electron chi connectivity index (χ4n) is 3.02. The summed E-state index contributed by atoms with van der Waals surface area (Å²) in [6.45, 7) is 6.76. The van der Waals surface area contributed by atoms with Gasteiger partial charge >= 0.3 is 5.97 Å². The zero-order chi connectivity index (χ0) is 11.2. The number of ether oxygens (including phenoxy) is 1. The molecule has 0 bridgehead atoms. The number of alkyl halides is 1. The Kier molecular flexibility index (Phi) is 3.03. The van der Waals surface area contributed by atoms with E-state index >= 15 is 0 Å². The number of fused-ring (bicyclic) bond motifs is 1. The summed E-state index contributed by atoms with van der Waals surface area (Å²) in [6, 6.07) is 0. The summed E-state index contributed by atoms with van der Waals surface area (Å²) < 4.78 is 6.01. The molecule has 2 aliphatic rings. The van der Waals surface area contributed by atoms with Gasteiger partial charge < -0.3 is 4.74 Å². The molecule has 0 aromatic carbocycles. The molecule has 2 fully saturated rings. The van der Waals surface area contributed by atoms with Crippen molar-refractivity contribution < 1.29 is 9.53 Å². The number of rotatable bonds is 1. The van der Waals surface area contributed by atoms with Crippen molar-refractivity contribution in [2.24, 2.45) is 17.3 Å². The highest BCUT2D eigenvalue weighted by molar-refractivity contribution is 14.1. The molecule has 0 unspecified atom stereocenters. The molecule has 0 radical (unpaired) electrons. The highest BCUT2D eigenvalue weighted by atomic mass is 127. The van der Waals surface area contributed by atoms with E-state index in [1.54, 1.807) is 0 Å². The van der Waals surface area contributed by atoms with Crippen LogP contribution in [0.25, 0.3) is 0 Å². The second kappa shape index (κ2) is 3.90. The first-order valence-corrected chi connectivity index (χ1v) is 7.02. The largest absolute Gasteiger partial charge is 0.461 e. The van der Waals surface area contributed by atoms with Gasteiger partial charge in [-0.25, -0.2) is 0 Å². The number of hydrogen-bond donors (Lipinski definition) is 0. The number of halogens is 1. The van der Waals surface area contributed by atoms with E-state index in [-0.39, 0.29) is 17.5 Å². The van der Waals surface area contributed by atoms with Gasteiger partial charge in [0.05, 0.1) is 10.3 Å². The van der Waals surface area contributed by atoms with E-state index in [0.29, 0.717) is 22.2 Å². The minimum Gasteiger partial charge on any atom is -0.461 e. The molecule has 1 aliphatic heterocycles. The Bertz CT molecular complexity index is 277. The van der Waals surface area contributed by atoms with Crippen molar-refractivity contribution in [2.45, 2.75) is 50.1 Å². The molecule has 0 aromatic rings. The fraction of sp³-hybridized carbons (Fsp3) is 0.917. The monoisotopic (exact) mass is 322 g/mol. The molecule has 2 rings (SSSR count). The maximum atomic E-state index is 11.4. The van der Waals surface area contributed by atoms with Crippen molar-refractivity contribution in [3.63, 3.8) is 0 Å². The summed E-state index contributed by atoms with van der Waals surface area (Å²) in [5.74, 6) is 1.40. The van der Waals surface area contributed by atoms with E-state index < -0.39 is 0 Å². The van der Waals surface area contributed by atoms with Gasteiger partial charge in [0.2, 0.25) is 0 Å². The standard InChI is InChI=1S/C12H19IO2/c1-7(2)8-4-5-12(3)6-9(14)15-11(12)10(8)13/h7-8,10-11H,4-6H2,1-3H3/t8-,10-,11+,12+/m1/s1. The molecule has 3 heteroatoms. The SMILES string of the molecule is CC(C)[C@H]1CC[C@@]2(C)CC(=O)O[C@H]2[C@@H]1I. The van der Waals surface area contributed by atoms with E-state index in [1.807, 2.05) is 0 Å². The summed E-state index contributed by atoms with van der Waals surface area (Å²) in [7, 11) is 0. The topological polar surface area (TPSA) is 26.3 Å². The van der Waals surface area contributed by atoms with E-state index in [0.717, 1.165) is 6.42 Å². The van der Waals surface area contributed by atoms with Crippen molar-refractivity contribution >= 4 is 28.6 Å². The quantitative estimate of drug-likeness (QED) is 0.421. The van der Waals surface area contributed by atoms with E-state index in [4.69, 9.17) is 4.74 Å². The molecule has 0 aromatic heterocycles. The Labute approximate surface area is 105 Å². The molecule has 0 N–H and O–H groups in total. The average molecular weight is 322 g/mol. The van der Waals surface area contributed by atoms with Crippen LogP contribution in [0.4, 0.5) is 0 Å². The molecule has 0 amide bonds. The van der Waals surface area contributed by atoms with Crippen molar-refractivity contribution in [3.8, 4) is 0 Å². The Hall–Kier alpha value is 0.200. The van der Waals surface area contributed by atoms with Gasteiger partial charge in [0.1, 0.15) is 6.10 Å². The maximum Gasteiger partial charge on any atom is 0.306 e. The zero-order valence-electron chi connectivity index (χ0n) is 9.63. The summed E-state index contributed by atoms with van der Waals surface area (Å²) in [4.78, 5) is 11.4. The van der Waals surface area contributed by atoms with Crippen molar-refractivity contribution in [1.29, 1.82) is 0 Å². The summed E-state index contributed by atoms with van der Waals surface area (Å²) in [5, 5.41) is 0. The van der Waals surface area contributed by atoms with E-state index in [1.165, 1.54) is 6.42 Å². The van der Waals surface area contributed by atoms with Crippen LogP contribution >= 0.6 is 22.6 Å². The van der Waals surface area contributed by atoms with Crippen molar-refractivity contribution in [2.75, 3.05) is 0 Å². The Morgan fingerprint density at radius 3 is 2.80 bits per heavy atom. The van der Waals surface area contributed by atoms with Gasteiger partial charge in [0, 0.05) is 5.41 Å². The zero-order valence-corrected chi connectivity index (χ0v) is 11.8. The van der Waals surface area contributed by atoms with Crippen LogP contribution in [-0.4, -0.2) is 16.0 Å². The third-order valence-corrected chi connectivity index (χ3v) is 5.67. The molecular weight excluding hydrogens is 303 g/mol. The van der Waals surface area contributed by atoms with Crippen LogP contribution in [0.2, 0.25) is 0 Å². The predicted octanol–water partition coefficient (Wildman–Crippen LogP) is 3.18. The molecular formula is C12H19IO2. The second-order valence-corrected chi connectivity index (χ2v) is 7.07. The van der Waals surface area contributed by atoms with Gasteiger partial charge in [-0.3, -0.25) is 4.79 Å². The van der Waals surface area contributed by atoms with Crippen LogP contribution < -0.4 is 0 Å². The minimum atomic E-state index is 0.00794. The van der Waals surface area contributed by atoms with Crippen LogP contribution in [-0.2, 0) is 9.53 Å². The lowest BCUT2D eigenvalue weighted by Gasteiger charge is -2.43. The first-order chi connectivity index (χ1) is 6.94. The Balaban J connectivity index is 2.19. The summed E-state index contributed by atoms with van der Waals surface area (Å²) >= 11 is 2.49. The summed E-state index contributed by atoms with van der Waals surface area (Å²) in [5.41, 5.74) is 0.119. The van der Waals surface area contributed by atoms with E-state index in [2.05, 4.69) is 43.4 Å². The first kappa shape index (κ1) is 11.7. The van der Waals surface area contributed by atoms with Gasteiger partial charge in [-0.2, -0.15) is 0 Å². The highest BCUT2D eigenvalue weighted by Crippen LogP contribution is 2.51. The molecule has 2 nitrogen and oxygen atoms in total. The first-order valence-electron chi connectivity index (χ1n) is 5.77. The Morgan fingerprint density at radius 2 is 2.20 bits per heavy atom. The van der Waals surface area contributed by atoms with Gasteiger partial charge in [-0.1, -0.05) is 43.4 Å². The second-order valence-electron chi connectivity index (χ2n) is 5.63. The maximum absolute atomic E-state index is 11.4. The lowest BCUT2D eigenvalue weighted by atomic mass is 9.67. The van der Waals surface area contributed by atoms with Gasteiger partial charge in [0.25, 0.3) is 0 Å². The van der Waals surface area contributed by atoms with Gasteiger partial charge in [-0.05, 0) is 24.7 Å². The van der Waals surface area contributed by atoms with Gasteiger partial charge in [0.15, 0.2) is 0 Å². The lowest BCUT2D eigenvalue weighted by molar-refractivity contribution is -0.142. The number of esters is 1. The minimum absolute atomic E-state index is 0.00794. The smallest absolute Gasteiger partial charge is 0.306 e. The molecule has 15 heavy (non-hydrogen) atoms. The van der Waals surface area contributed by atoms with Crippen LogP contribution in [0.5, 0.6) is 0 Å². The van der Waals surface area contributed by atoms with Gasteiger partial charge in [-0.15, -0.1) is 0 Å². The normalized spacial score (nSPS) is 45.4. The van der Waals surface area contributed by atoms with Crippen LogP contribution in [0, 0.1) is 17.3 Å². The number of hydrogen-bond acceptors (Lipinski definition) is 2. The van der Waals surface area contributed by atoms with Crippen molar-refractivity contribution in [3.05, 3.63) is 0 Å². The fourth-order valence-corrected chi connectivity index (χ4v) is 5.22. The van der Waals surface area contributed by atoms with E-state index in [9.17, 15) is 4.79 Å². The summed E-state index contributed by atoms with van der Waals surface area (Å²) in [6.07, 6.45) is 3.18. The molecule has 86 valence electrons. The predicted molar refractivity (Wildman–Crippen MR) is 68.0 cm³/mol. The lowest BCUT2D eigenvalue weighted by Crippen LogP contribution is -2.45. The Morgan fingerprint density at radius 1 is 1.53 bits per heavy atom. The highest BCUT2D eigenvalue weighted by Gasteiger charge is 2.53. The van der Waals surface area contributed by atoms with Crippen LogP contribution in [0.1, 0.15) is 40.0 Å². The molecule has 1 aliphatic carbocycles. The van der Waals surface area contributed by atoms with Crippen molar-refractivity contribution in [1.82, 2.24) is 0 Å². The molecule has 1 heterocycles. The third-order valence-electron chi connectivity index (χ3n) is 4.10. The number of carbonyl (C=O) groups excluding carboxylic acids is 1. The molecule has 1 saturated carbocycles. The van der Waals surface area contributed by atoms with Crippen LogP contribution in [0.3, 0.4) is 0 Å². The third kappa shape index (κ3) is 1.92. The molecule has 1 saturated heterocycles.